The van der Waals surface area contributed by atoms with Crippen molar-refractivity contribution in [2.75, 3.05) is 18.8 Å². The lowest BCUT2D eigenvalue weighted by atomic mass is 9.72. The highest BCUT2D eigenvalue weighted by molar-refractivity contribution is 5.86. The summed E-state index contributed by atoms with van der Waals surface area (Å²) in [6.07, 6.45) is 5.80. The van der Waals surface area contributed by atoms with Crippen molar-refractivity contribution < 1.29 is 10.2 Å². The molecule has 0 saturated heterocycles. The summed E-state index contributed by atoms with van der Waals surface area (Å²) < 4.78 is 1.96. The van der Waals surface area contributed by atoms with Crippen LogP contribution in [0.3, 0.4) is 0 Å². The van der Waals surface area contributed by atoms with Crippen LogP contribution in [0.2, 0.25) is 0 Å². The van der Waals surface area contributed by atoms with E-state index in [1.807, 2.05) is 16.8 Å². The summed E-state index contributed by atoms with van der Waals surface area (Å²) in [7, 11) is 0. The highest BCUT2D eigenvalue weighted by Gasteiger charge is 2.44. The number of rotatable bonds is 8. The number of aliphatic hydroxyl groups is 2. The fraction of sp³-hybridized carbons (Fsp3) is 0.594. The Morgan fingerprint density at radius 3 is 2.56 bits per heavy atom. The predicted molar refractivity (Wildman–Crippen MR) is 163 cm³/mol. The fourth-order valence-electron chi connectivity index (χ4n) is 7.03. The topological polar surface area (TPSA) is 129 Å². The average Bonchev–Trinajstić information content (AvgIpc) is 3.58. The second-order valence-electron chi connectivity index (χ2n) is 13.9. The van der Waals surface area contributed by atoms with E-state index < -0.39 is 12.2 Å². The van der Waals surface area contributed by atoms with E-state index in [1.54, 1.807) is 0 Å². The van der Waals surface area contributed by atoms with E-state index in [0.717, 1.165) is 41.8 Å². The van der Waals surface area contributed by atoms with Crippen LogP contribution in [-0.2, 0) is 11.8 Å². The molecular formula is C32H45N7O2. The molecule has 4 atom stereocenters. The molecule has 41 heavy (non-hydrogen) atoms. The van der Waals surface area contributed by atoms with Crippen LogP contribution in [0.1, 0.15) is 71.3 Å². The van der Waals surface area contributed by atoms with Gasteiger partial charge in [-0.05, 0) is 74.1 Å². The number of imidazole rings is 1. The van der Waals surface area contributed by atoms with Crippen LogP contribution in [0.4, 0.5) is 5.82 Å². The summed E-state index contributed by atoms with van der Waals surface area (Å²) in [6.45, 7) is 12.9. The third kappa shape index (κ3) is 5.47. The fourth-order valence-corrected chi connectivity index (χ4v) is 7.03. The maximum Gasteiger partial charge on any atom is 0.145 e. The molecule has 9 nitrogen and oxygen atoms in total. The zero-order valence-corrected chi connectivity index (χ0v) is 25.0. The van der Waals surface area contributed by atoms with Crippen LogP contribution < -0.4 is 5.73 Å². The molecule has 3 heterocycles. The minimum absolute atomic E-state index is 0.0153. The number of aromatic amines is 1. The van der Waals surface area contributed by atoms with Gasteiger partial charge >= 0.3 is 0 Å². The van der Waals surface area contributed by atoms with Gasteiger partial charge in [-0.15, -0.1) is 0 Å². The first-order chi connectivity index (χ1) is 19.5. The predicted octanol–water partition coefficient (Wildman–Crippen LogP) is 4.45. The molecule has 1 aromatic carbocycles. The average molecular weight is 560 g/mol. The number of aromatic nitrogens is 5. The molecule has 0 spiro atoms. The van der Waals surface area contributed by atoms with Gasteiger partial charge in [0.25, 0.3) is 0 Å². The van der Waals surface area contributed by atoms with Crippen molar-refractivity contribution in [1.82, 2.24) is 29.4 Å². The molecule has 0 aliphatic heterocycles. The van der Waals surface area contributed by atoms with Gasteiger partial charge in [-0.25, -0.2) is 15.0 Å². The molecule has 5 N–H and O–H groups in total. The molecule has 2 aliphatic carbocycles. The minimum atomic E-state index is -0.850. The van der Waals surface area contributed by atoms with Gasteiger partial charge in [-0.1, -0.05) is 26.8 Å². The molecular weight excluding hydrogens is 514 g/mol. The summed E-state index contributed by atoms with van der Waals surface area (Å²) in [5.41, 5.74) is 10.3. The van der Waals surface area contributed by atoms with Crippen LogP contribution in [-0.4, -0.2) is 71.0 Å². The molecule has 2 aliphatic rings. The van der Waals surface area contributed by atoms with Crippen molar-refractivity contribution in [3.05, 3.63) is 48.2 Å². The quantitative estimate of drug-likeness (QED) is 0.251. The third-order valence-electron chi connectivity index (χ3n) is 9.57. The summed E-state index contributed by atoms with van der Waals surface area (Å²) in [4.78, 5) is 19.4. The lowest BCUT2D eigenvalue weighted by molar-refractivity contribution is -0.00532. The number of hydrogen-bond acceptors (Lipinski definition) is 7. The Morgan fingerprint density at radius 2 is 1.83 bits per heavy atom. The standard InChI is InChI=1S/C32H45N7O2/c1-18(2)38(16-21-13-26(29(41)28(21)40)39-9-8-23-30(33)34-17-35-31(23)39)15-20-10-19(11-20)12-27-36-24-7-6-22(32(3,4)5)14-25(24)37-27/h6-9,14,17-21,26,28-29,40-41H,10-13,15-16H2,1-5H3,(H,36,37)(H2,33,34,35)/t19?,20?,21?,26?,28-,29+/m1/s1. The van der Waals surface area contributed by atoms with Crippen molar-refractivity contribution in [2.45, 2.75) is 90.0 Å². The molecule has 4 aromatic rings. The van der Waals surface area contributed by atoms with Crippen LogP contribution in [0.25, 0.3) is 22.1 Å². The largest absolute Gasteiger partial charge is 0.390 e. The second-order valence-corrected chi connectivity index (χ2v) is 13.9. The lowest BCUT2D eigenvalue weighted by Crippen LogP contribution is -2.44. The normalized spacial score (nSPS) is 27.0. The molecule has 2 saturated carbocycles. The molecule has 220 valence electrons. The van der Waals surface area contributed by atoms with Crippen molar-refractivity contribution in [3.8, 4) is 0 Å². The van der Waals surface area contributed by atoms with Crippen LogP contribution >= 0.6 is 0 Å². The molecule has 3 aromatic heterocycles. The van der Waals surface area contributed by atoms with E-state index in [2.05, 4.69) is 72.7 Å². The molecule has 0 radical (unpaired) electrons. The first-order valence-electron chi connectivity index (χ1n) is 15.1. The smallest absolute Gasteiger partial charge is 0.145 e. The molecule has 6 rings (SSSR count). The van der Waals surface area contributed by atoms with E-state index in [1.165, 1.54) is 24.7 Å². The SMILES string of the molecule is CC(C)N(CC1CC(Cc2nc3cc(C(C)(C)C)ccc3[nH]2)C1)CC1CC(n2ccc3c(N)ncnc32)[C@H](O)[C@@H]1O. The Labute approximate surface area is 242 Å². The number of anilines is 1. The van der Waals surface area contributed by atoms with Crippen LogP contribution in [0, 0.1) is 17.8 Å². The van der Waals surface area contributed by atoms with Gasteiger partial charge in [0.2, 0.25) is 0 Å². The van der Waals surface area contributed by atoms with Gasteiger partial charge in [0.15, 0.2) is 0 Å². The van der Waals surface area contributed by atoms with Gasteiger partial charge in [-0.3, -0.25) is 0 Å². The highest BCUT2D eigenvalue weighted by Crippen LogP contribution is 2.40. The number of nitrogens with zero attached hydrogens (tertiary/aromatic N) is 5. The van der Waals surface area contributed by atoms with Gasteiger partial charge in [-0.2, -0.15) is 0 Å². The highest BCUT2D eigenvalue weighted by atomic mass is 16.3. The minimum Gasteiger partial charge on any atom is -0.390 e. The third-order valence-corrected chi connectivity index (χ3v) is 9.57. The molecule has 2 fully saturated rings. The Bertz CT molecular complexity index is 1510. The van der Waals surface area contributed by atoms with Crippen molar-refractivity contribution in [3.63, 3.8) is 0 Å². The maximum atomic E-state index is 11.1. The Hall–Kier alpha value is -3.01. The summed E-state index contributed by atoms with van der Waals surface area (Å²) >= 11 is 0. The molecule has 0 bridgehead atoms. The van der Waals surface area contributed by atoms with Crippen LogP contribution in [0.5, 0.6) is 0 Å². The molecule has 0 amide bonds. The van der Waals surface area contributed by atoms with Crippen LogP contribution in [0.15, 0.2) is 36.8 Å². The number of nitrogens with two attached hydrogens (primary N) is 1. The summed E-state index contributed by atoms with van der Waals surface area (Å²) in [5.74, 6) is 2.80. The first kappa shape index (κ1) is 28.1. The van der Waals surface area contributed by atoms with Crippen molar-refractivity contribution >= 4 is 27.9 Å². The zero-order valence-electron chi connectivity index (χ0n) is 25.0. The second kappa shape index (κ2) is 10.7. The number of H-pyrrole nitrogens is 1. The number of aliphatic hydroxyl groups excluding tert-OH is 2. The Morgan fingerprint density at radius 1 is 1.05 bits per heavy atom. The lowest BCUT2D eigenvalue weighted by Gasteiger charge is -2.40. The van der Waals surface area contributed by atoms with E-state index >= 15 is 0 Å². The van der Waals surface area contributed by atoms with Gasteiger partial charge < -0.3 is 30.4 Å². The van der Waals surface area contributed by atoms with E-state index in [9.17, 15) is 10.2 Å². The summed E-state index contributed by atoms with van der Waals surface area (Å²) in [5, 5.41) is 22.9. The van der Waals surface area contributed by atoms with E-state index in [4.69, 9.17) is 10.7 Å². The van der Waals surface area contributed by atoms with Gasteiger partial charge in [0.05, 0.1) is 28.6 Å². The number of benzene rings is 1. The molecule has 2 unspecified atom stereocenters. The van der Waals surface area contributed by atoms with Crippen molar-refractivity contribution in [2.24, 2.45) is 17.8 Å². The Kier molecular flexibility index (Phi) is 7.32. The Balaban J connectivity index is 1.05. The maximum absolute atomic E-state index is 11.1. The number of nitrogen functional groups attached to an aromatic ring is 1. The monoisotopic (exact) mass is 559 g/mol. The van der Waals surface area contributed by atoms with E-state index in [0.29, 0.717) is 35.8 Å². The number of fused-ring (bicyclic) bond motifs is 2. The van der Waals surface area contributed by atoms with Gasteiger partial charge in [0, 0.05) is 37.7 Å². The first-order valence-corrected chi connectivity index (χ1v) is 15.1. The van der Waals surface area contributed by atoms with Gasteiger partial charge in [0.1, 0.15) is 29.7 Å². The zero-order chi connectivity index (χ0) is 29.1. The van der Waals surface area contributed by atoms with Crippen molar-refractivity contribution in [1.29, 1.82) is 0 Å². The number of hydrogen-bond donors (Lipinski definition) is 4. The molecule has 9 heteroatoms. The summed E-state index contributed by atoms with van der Waals surface area (Å²) in [6, 6.07) is 8.60. The van der Waals surface area contributed by atoms with E-state index in [-0.39, 0.29) is 17.4 Å². The number of nitrogens with one attached hydrogen (secondary N) is 1.